The summed E-state index contributed by atoms with van der Waals surface area (Å²) in [6, 6.07) is -0.506. The fourth-order valence-electron chi connectivity index (χ4n) is 2.19. The smallest absolute Gasteiger partial charge is 0.235 e. The second-order valence-corrected chi connectivity index (χ2v) is 5.43. The summed E-state index contributed by atoms with van der Waals surface area (Å²) in [6.07, 6.45) is 4.95. The summed E-state index contributed by atoms with van der Waals surface area (Å²) in [5, 5.41) is 0. The van der Waals surface area contributed by atoms with E-state index in [0.29, 0.717) is 11.8 Å². The third kappa shape index (κ3) is 4.00. The lowest BCUT2D eigenvalue weighted by Crippen LogP contribution is -2.48. The molecule has 4 N–H and O–H groups in total. The van der Waals surface area contributed by atoms with Gasteiger partial charge in [0.1, 0.15) is 0 Å². The lowest BCUT2D eigenvalue weighted by molar-refractivity contribution is -0.128. The van der Waals surface area contributed by atoms with E-state index in [-0.39, 0.29) is 6.42 Å². The van der Waals surface area contributed by atoms with Crippen LogP contribution in [0.4, 0.5) is 0 Å². The Hall–Kier alpha value is -1.10. The molecule has 2 fully saturated rings. The molecule has 0 unspecified atom stereocenters. The van der Waals surface area contributed by atoms with Crippen LogP contribution in [0.2, 0.25) is 0 Å². The summed E-state index contributed by atoms with van der Waals surface area (Å²) in [5.74, 6) is 0.488. The Balaban J connectivity index is 1.96. The summed E-state index contributed by atoms with van der Waals surface area (Å²) in [4.78, 5) is 24.5. The van der Waals surface area contributed by atoms with Crippen molar-refractivity contribution in [1.29, 1.82) is 0 Å². The maximum absolute atomic E-state index is 11.5. The molecule has 0 saturated heterocycles. The van der Waals surface area contributed by atoms with Crippen molar-refractivity contribution in [3.8, 4) is 0 Å². The lowest BCUT2D eigenvalue weighted by atomic mass is 10.1. The van der Waals surface area contributed by atoms with Crippen molar-refractivity contribution in [2.75, 3.05) is 13.1 Å². The number of rotatable bonds is 8. The van der Waals surface area contributed by atoms with Crippen LogP contribution < -0.4 is 11.5 Å². The Bertz CT molecular complexity index is 297. The van der Waals surface area contributed by atoms with Crippen molar-refractivity contribution in [3.05, 3.63) is 0 Å². The molecule has 0 aliphatic heterocycles. The van der Waals surface area contributed by atoms with E-state index in [4.69, 9.17) is 11.5 Å². The minimum atomic E-state index is -0.506. The zero-order chi connectivity index (χ0) is 12.4. The molecule has 17 heavy (non-hydrogen) atoms. The SMILES string of the molecule is NC(=O)C[C@@H](C(N)=O)N(CC1CC1)CC1CC1. The second-order valence-electron chi connectivity index (χ2n) is 5.43. The zero-order valence-electron chi connectivity index (χ0n) is 10.1. The number of carbonyl (C=O) groups excluding carboxylic acids is 2. The third-order valence-electron chi connectivity index (χ3n) is 3.54. The van der Waals surface area contributed by atoms with Crippen LogP contribution in [0.15, 0.2) is 0 Å². The van der Waals surface area contributed by atoms with Gasteiger partial charge in [-0.1, -0.05) is 0 Å². The summed E-state index contributed by atoms with van der Waals surface area (Å²) in [7, 11) is 0. The molecular weight excluding hydrogens is 218 g/mol. The van der Waals surface area contributed by atoms with Crippen molar-refractivity contribution in [2.45, 2.75) is 38.1 Å². The minimum Gasteiger partial charge on any atom is -0.370 e. The number of hydrogen-bond donors (Lipinski definition) is 2. The fourth-order valence-corrected chi connectivity index (χ4v) is 2.19. The van der Waals surface area contributed by atoms with Crippen molar-refractivity contribution >= 4 is 11.8 Å². The molecule has 0 aromatic rings. The van der Waals surface area contributed by atoms with E-state index >= 15 is 0 Å². The quantitative estimate of drug-likeness (QED) is 0.616. The zero-order valence-corrected chi connectivity index (χ0v) is 10.1. The highest BCUT2D eigenvalue weighted by molar-refractivity contribution is 5.86. The first-order valence-electron chi connectivity index (χ1n) is 6.38. The molecule has 0 spiro atoms. The van der Waals surface area contributed by atoms with Crippen LogP contribution in [-0.2, 0) is 9.59 Å². The molecule has 0 radical (unpaired) electrons. The molecule has 1 atom stereocenters. The monoisotopic (exact) mass is 239 g/mol. The predicted molar refractivity (Wildman–Crippen MR) is 63.8 cm³/mol. The van der Waals surface area contributed by atoms with E-state index in [1.165, 1.54) is 25.7 Å². The fraction of sp³-hybridized carbons (Fsp3) is 0.833. The van der Waals surface area contributed by atoms with E-state index in [2.05, 4.69) is 4.90 Å². The maximum Gasteiger partial charge on any atom is 0.235 e. The van der Waals surface area contributed by atoms with Crippen LogP contribution in [0, 0.1) is 11.8 Å². The van der Waals surface area contributed by atoms with Crippen molar-refractivity contribution in [1.82, 2.24) is 4.90 Å². The number of primary amides is 2. The highest BCUT2D eigenvalue weighted by atomic mass is 16.2. The molecule has 2 rings (SSSR count). The van der Waals surface area contributed by atoms with Crippen molar-refractivity contribution < 1.29 is 9.59 Å². The van der Waals surface area contributed by atoms with Crippen molar-refractivity contribution in [2.24, 2.45) is 23.3 Å². The molecular formula is C12H21N3O2. The summed E-state index contributed by atoms with van der Waals surface area (Å²) >= 11 is 0. The van der Waals surface area contributed by atoms with E-state index in [1.54, 1.807) is 0 Å². The largest absolute Gasteiger partial charge is 0.370 e. The molecule has 96 valence electrons. The summed E-state index contributed by atoms with van der Waals surface area (Å²) in [5.41, 5.74) is 10.6. The Morgan fingerprint density at radius 1 is 1.06 bits per heavy atom. The van der Waals surface area contributed by atoms with E-state index in [9.17, 15) is 9.59 Å². The molecule has 2 aliphatic rings. The molecule has 5 heteroatoms. The molecule has 0 heterocycles. The number of hydrogen-bond acceptors (Lipinski definition) is 3. The predicted octanol–water partition coefficient (Wildman–Crippen LogP) is -0.162. The topological polar surface area (TPSA) is 89.4 Å². The average molecular weight is 239 g/mol. The van der Waals surface area contributed by atoms with E-state index in [1.807, 2.05) is 0 Å². The van der Waals surface area contributed by atoms with Crippen LogP contribution in [-0.4, -0.2) is 35.8 Å². The average Bonchev–Trinajstić information content (AvgIpc) is 3.06. The van der Waals surface area contributed by atoms with Gasteiger partial charge in [0.15, 0.2) is 0 Å². The van der Waals surface area contributed by atoms with E-state index < -0.39 is 17.9 Å². The van der Waals surface area contributed by atoms with Gasteiger partial charge in [0, 0.05) is 13.1 Å². The first-order valence-corrected chi connectivity index (χ1v) is 6.38. The Kier molecular flexibility index (Phi) is 3.66. The van der Waals surface area contributed by atoms with E-state index in [0.717, 1.165) is 13.1 Å². The summed E-state index contributed by atoms with van der Waals surface area (Å²) < 4.78 is 0. The van der Waals surface area contributed by atoms with Crippen LogP contribution in [0.1, 0.15) is 32.1 Å². The van der Waals surface area contributed by atoms with Gasteiger partial charge in [-0.05, 0) is 37.5 Å². The highest BCUT2D eigenvalue weighted by Gasteiger charge is 2.35. The molecule has 0 bridgehead atoms. The van der Waals surface area contributed by atoms with Gasteiger partial charge >= 0.3 is 0 Å². The van der Waals surface area contributed by atoms with Crippen LogP contribution in [0.5, 0.6) is 0 Å². The van der Waals surface area contributed by atoms with Crippen LogP contribution in [0.3, 0.4) is 0 Å². The third-order valence-corrected chi connectivity index (χ3v) is 3.54. The molecule has 2 amide bonds. The van der Waals surface area contributed by atoms with Crippen molar-refractivity contribution in [3.63, 3.8) is 0 Å². The Morgan fingerprint density at radius 3 is 1.82 bits per heavy atom. The van der Waals surface area contributed by atoms with Crippen LogP contribution >= 0.6 is 0 Å². The Labute approximate surface area is 102 Å². The van der Waals surface area contributed by atoms with Gasteiger partial charge in [-0.2, -0.15) is 0 Å². The molecule has 2 saturated carbocycles. The van der Waals surface area contributed by atoms with Gasteiger partial charge in [-0.3, -0.25) is 14.5 Å². The first kappa shape index (κ1) is 12.4. The molecule has 0 aromatic heterocycles. The van der Waals surface area contributed by atoms with Gasteiger partial charge in [0.2, 0.25) is 11.8 Å². The number of amides is 2. The number of nitrogens with zero attached hydrogens (tertiary/aromatic N) is 1. The second kappa shape index (κ2) is 5.04. The van der Waals surface area contributed by atoms with Crippen LogP contribution in [0.25, 0.3) is 0 Å². The van der Waals surface area contributed by atoms with Gasteiger partial charge in [-0.15, -0.1) is 0 Å². The number of carbonyl (C=O) groups is 2. The van der Waals surface area contributed by atoms with Gasteiger partial charge in [0.05, 0.1) is 12.5 Å². The first-order chi connectivity index (χ1) is 8.06. The normalized spacial score (nSPS) is 21.5. The van der Waals surface area contributed by atoms with Gasteiger partial charge < -0.3 is 11.5 Å². The highest BCUT2D eigenvalue weighted by Crippen LogP contribution is 2.34. The molecule has 2 aliphatic carbocycles. The van der Waals surface area contributed by atoms with Gasteiger partial charge in [0.25, 0.3) is 0 Å². The number of nitrogens with two attached hydrogens (primary N) is 2. The lowest BCUT2D eigenvalue weighted by Gasteiger charge is -2.28. The summed E-state index contributed by atoms with van der Waals surface area (Å²) in [6.45, 7) is 1.77. The molecule has 0 aromatic carbocycles. The Morgan fingerprint density at radius 2 is 1.53 bits per heavy atom. The minimum absolute atomic E-state index is 0.0504. The molecule has 5 nitrogen and oxygen atoms in total. The maximum atomic E-state index is 11.5. The standard InChI is InChI=1S/C12H21N3O2/c13-11(16)5-10(12(14)17)15(6-8-1-2-8)7-9-3-4-9/h8-10H,1-7H2,(H2,13,16)(H2,14,17)/t10-/m0/s1. The van der Waals surface area contributed by atoms with Gasteiger partial charge in [-0.25, -0.2) is 0 Å².